The van der Waals surface area contributed by atoms with E-state index in [2.05, 4.69) is 31.1 Å². The molecule has 0 saturated heterocycles. The SMILES string of the molecule is CCNC(=NCc1nc(-c2ccc(Cl)cc2)no1)NCCNC(=O)C1CC1.I. The van der Waals surface area contributed by atoms with Crippen LogP contribution >= 0.6 is 35.6 Å². The van der Waals surface area contributed by atoms with Gasteiger partial charge in [0.1, 0.15) is 6.54 Å². The first kappa shape index (κ1) is 22.4. The topological polar surface area (TPSA) is 104 Å². The third-order valence-corrected chi connectivity index (χ3v) is 4.20. The van der Waals surface area contributed by atoms with Crippen LogP contribution in [0.4, 0.5) is 0 Å². The van der Waals surface area contributed by atoms with Crippen molar-refractivity contribution >= 4 is 47.4 Å². The molecule has 3 N–H and O–H groups in total. The van der Waals surface area contributed by atoms with Gasteiger partial charge in [0.2, 0.25) is 17.6 Å². The van der Waals surface area contributed by atoms with Crippen LogP contribution < -0.4 is 16.0 Å². The molecule has 1 heterocycles. The second-order valence-electron chi connectivity index (χ2n) is 6.21. The van der Waals surface area contributed by atoms with E-state index in [1.165, 1.54) is 0 Å². The molecule has 10 heteroatoms. The number of guanidine groups is 1. The lowest BCUT2D eigenvalue weighted by Crippen LogP contribution is -2.41. The van der Waals surface area contributed by atoms with Gasteiger partial charge in [0, 0.05) is 36.1 Å². The highest BCUT2D eigenvalue weighted by atomic mass is 127. The van der Waals surface area contributed by atoms with Crippen LogP contribution in [0.5, 0.6) is 0 Å². The summed E-state index contributed by atoms with van der Waals surface area (Å²) < 4.78 is 5.25. The van der Waals surface area contributed by atoms with Gasteiger partial charge < -0.3 is 20.5 Å². The number of halogens is 2. The van der Waals surface area contributed by atoms with Gasteiger partial charge in [-0.3, -0.25) is 4.79 Å². The lowest BCUT2D eigenvalue weighted by molar-refractivity contribution is -0.122. The van der Waals surface area contributed by atoms with Crippen molar-refractivity contribution in [2.75, 3.05) is 19.6 Å². The number of amides is 1. The van der Waals surface area contributed by atoms with E-state index >= 15 is 0 Å². The van der Waals surface area contributed by atoms with E-state index in [0.717, 1.165) is 24.9 Å². The minimum absolute atomic E-state index is 0. The van der Waals surface area contributed by atoms with Gasteiger partial charge in [-0.05, 0) is 44.0 Å². The van der Waals surface area contributed by atoms with Crippen molar-refractivity contribution in [3.8, 4) is 11.4 Å². The molecule has 8 nitrogen and oxygen atoms in total. The fraction of sp³-hybridized carbons (Fsp3) is 0.444. The summed E-state index contributed by atoms with van der Waals surface area (Å²) in [5, 5.41) is 13.8. The Bertz CT molecular complexity index is 792. The maximum absolute atomic E-state index is 11.6. The standard InChI is InChI=1S/C18H23ClN6O2.HI/c1-2-20-18(22-10-9-21-17(26)13-3-4-13)23-11-15-24-16(25-27-15)12-5-7-14(19)8-6-12;/h5-8,13H,2-4,9-11H2,1H3,(H,21,26)(H2,20,22,23);1H. The van der Waals surface area contributed by atoms with Gasteiger partial charge in [0.05, 0.1) is 0 Å². The predicted octanol–water partition coefficient (Wildman–Crippen LogP) is 2.59. The van der Waals surface area contributed by atoms with Crippen LogP contribution in [-0.2, 0) is 11.3 Å². The number of nitrogens with one attached hydrogen (secondary N) is 3. The Morgan fingerprint density at radius 3 is 2.61 bits per heavy atom. The van der Waals surface area contributed by atoms with E-state index in [0.29, 0.717) is 35.8 Å². The van der Waals surface area contributed by atoms with E-state index in [1.54, 1.807) is 12.1 Å². The number of aromatic nitrogens is 2. The summed E-state index contributed by atoms with van der Waals surface area (Å²) in [7, 11) is 0. The number of rotatable bonds is 8. The van der Waals surface area contributed by atoms with Crippen LogP contribution in [-0.4, -0.2) is 41.6 Å². The van der Waals surface area contributed by atoms with Gasteiger partial charge in [0.25, 0.3) is 0 Å². The molecule has 1 amide bonds. The van der Waals surface area contributed by atoms with Crippen LogP contribution in [0.15, 0.2) is 33.8 Å². The van der Waals surface area contributed by atoms with E-state index in [9.17, 15) is 4.79 Å². The molecule has 0 bridgehead atoms. The summed E-state index contributed by atoms with van der Waals surface area (Å²) in [4.78, 5) is 20.4. The molecule has 0 aliphatic heterocycles. The second-order valence-corrected chi connectivity index (χ2v) is 6.64. The largest absolute Gasteiger partial charge is 0.357 e. The lowest BCUT2D eigenvalue weighted by Gasteiger charge is -2.11. The van der Waals surface area contributed by atoms with Crippen LogP contribution in [0.25, 0.3) is 11.4 Å². The van der Waals surface area contributed by atoms with E-state index in [-0.39, 0.29) is 42.3 Å². The molecule has 1 aromatic heterocycles. The predicted molar refractivity (Wildman–Crippen MR) is 119 cm³/mol. The quantitative estimate of drug-likeness (QED) is 0.215. The molecule has 2 aromatic rings. The van der Waals surface area contributed by atoms with Crippen molar-refractivity contribution in [3.05, 3.63) is 35.2 Å². The summed E-state index contributed by atoms with van der Waals surface area (Å²) in [5.74, 6) is 1.90. The normalized spacial score (nSPS) is 13.6. The van der Waals surface area contributed by atoms with Gasteiger partial charge in [0.15, 0.2) is 5.96 Å². The van der Waals surface area contributed by atoms with Crippen molar-refractivity contribution < 1.29 is 9.32 Å². The van der Waals surface area contributed by atoms with Crippen molar-refractivity contribution in [2.45, 2.75) is 26.3 Å². The van der Waals surface area contributed by atoms with E-state index in [1.807, 2.05) is 19.1 Å². The Hall–Kier alpha value is -1.88. The number of carbonyl (C=O) groups excluding carboxylic acids is 1. The molecule has 152 valence electrons. The number of nitrogens with zero attached hydrogens (tertiary/aromatic N) is 3. The average molecular weight is 519 g/mol. The zero-order chi connectivity index (χ0) is 19.1. The molecule has 1 fully saturated rings. The first-order valence-electron chi connectivity index (χ1n) is 9.04. The molecule has 1 aliphatic rings. The van der Waals surface area contributed by atoms with E-state index < -0.39 is 0 Å². The smallest absolute Gasteiger partial charge is 0.248 e. The monoisotopic (exact) mass is 518 g/mol. The Morgan fingerprint density at radius 1 is 1.21 bits per heavy atom. The van der Waals surface area contributed by atoms with Gasteiger partial charge >= 0.3 is 0 Å². The highest BCUT2D eigenvalue weighted by Gasteiger charge is 2.28. The molecule has 28 heavy (non-hydrogen) atoms. The molecular formula is C18H24ClIN6O2. The molecular weight excluding hydrogens is 495 g/mol. The zero-order valence-electron chi connectivity index (χ0n) is 15.6. The van der Waals surface area contributed by atoms with Crippen molar-refractivity contribution in [2.24, 2.45) is 10.9 Å². The molecule has 1 saturated carbocycles. The maximum Gasteiger partial charge on any atom is 0.248 e. The zero-order valence-corrected chi connectivity index (χ0v) is 18.7. The first-order valence-corrected chi connectivity index (χ1v) is 9.42. The minimum Gasteiger partial charge on any atom is -0.357 e. The molecule has 0 atom stereocenters. The van der Waals surface area contributed by atoms with Crippen molar-refractivity contribution in [3.63, 3.8) is 0 Å². The van der Waals surface area contributed by atoms with Crippen molar-refractivity contribution in [1.29, 1.82) is 0 Å². The number of benzene rings is 1. The molecule has 1 aromatic carbocycles. The van der Waals surface area contributed by atoms with E-state index in [4.69, 9.17) is 16.1 Å². The summed E-state index contributed by atoms with van der Waals surface area (Å²) >= 11 is 5.89. The molecule has 1 aliphatic carbocycles. The lowest BCUT2D eigenvalue weighted by atomic mass is 10.2. The molecule has 0 unspecified atom stereocenters. The maximum atomic E-state index is 11.6. The summed E-state index contributed by atoms with van der Waals surface area (Å²) in [6.07, 6.45) is 2.01. The number of hydrogen-bond donors (Lipinski definition) is 3. The summed E-state index contributed by atoms with van der Waals surface area (Å²) in [5.41, 5.74) is 0.829. The van der Waals surface area contributed by atoms with Crippen LogP contribution in [0.3, 0.4) is 0 Å². The average Bonchev–Trinajstić information content (AvgIpc) is 3.42. The number of aliphatic imine (C=N–C) groups is 1. The van der Waals surface area contributed by atoms with Crippen LogP contribution in [0.2, 0.25) is 5.02 Å². The highest BCUT2D eigenvalue weighted by Crippen LogP contribution is 2.28. The Balaban J connectivity index is 0.00000280. The van der Waals surface area contributed by atoms with Gasteiger partial charge in [-0.15, -0.1) is 24.0 Å². The fourth-order valence-corrected chi connectivity index (χ4v) is 2.51. The second kappa shape index (κ2) is 11.2. The van der Waals surface area contributed by atoms with Crippen LogP contribution in [0.1, 0.15) is 25.7 Å². The third-order valence-electron chi connectivity index (χ3n) is 3.95. The number of hydrogen-bond acceptors (Lipinski definition) is 5. The number of carbonyl (C=O) groups is 1. The molecule has 0 spiro atoms. The van der Waals surface area contributed by atoms with Gasteiger partial charge in [-0.1, -0.05) is 16.8 Å². The Labute approximate surface area is 185 Å². The fourth-order valence-electron chi connectivity index (χ4n) is 2.38. The van der Waals surface area contributed by atoms with Crippen LogP contribution in [0, 0.1) is 5.92 Å². The molecule has 3 rings (SSSR count). The molecule has 0 radical (unpaired) electrons. The Morgan fingerprint density at radius 2 is 1.93 bits per heavy atom. The minimum atomic E-state index is 0. The summed E-state index contributed by atoms with van der Waals surface area (Å²) in [6, 6.07) is 7.23. The highest BCUT2D eigenvalue weighted by molar-refractivity contribution is 14.0. The van der Waals surface area contributed by atoms with Gasteiger partial charge in [-0.2, -0.15) is 4.98 Å². The van der Waals surface area contributed by atoms with Crippen molar-refractivity contribution in [1.82, 2.24) is 26.1 Å². The van der Waals surface area contributed by atoms with Gasteiger partial charge in [-0.25, -0.2) is 4.99 Å². The summed E-state index contributed by atoms with van der Waals surface area (Å²) in [6.45, 7) is 4.10. The third kappa shape index (κ3) is 6.93. The first-order chi connectivity index (χ1) is 13.2. The Kier molecular flexibility index (Phi) is 8.97.